The molecule has 0 bridgehead atoms. The van der Waals surface area contributed by atoms with Gasteiger partial charge in [-0.05, 0) is 19.4 Å². The summed E-state index contributed by atoms with van der Waals surface area (Å²) in [6.45, 7) is 1.77. The van der Waals surface area contributed by atoms with Crippen LogP contribution in [0.2, 0.25) is 5.02 Å². The lowest BCUT2D eigenvalue weighted by molar-refractivity contribution is -0.384. The predicted molar refractivity (Wildman–Crippen MR) is 81.0 cm³/mol. The zero-order valence-electron chi connectivity index (χ0n) is 12.3. The van der Waals surface area contributed by atoms with Gasteiger partial charge in [0.25, 0.3) is 5.69 Å². The van der Waals surface area contributed by atoms with Crippen molar-refractivity contribution in [2.24, 2.45) is 11.0 Å². The lowest BCUT2D eigenvalue weighted by atomic mass is 10.0. The number of carbonyl (C=O) groups excluding carboxylic acids is 1. The number of halogens is 4. The number of nitro groups is 1. The van der Waals surface area contributed by atoms with Gasteiger partial charge in [-0.2, -0.15) is 18.3 Å². The van der Waals surface area contributed by atoms with Gasteiger partial charge in [0, 0.05) is 18.3 Å². The summed E-state index contributed by atoms with van der Waals surface area (Å²) in [6.07, 6.45) is -4.52. The topological polar surface area (TPSA) is 96.6 Å². The van der Waals surface area contributed by atoms with Gasteiger partial charge in [0.15, 0.2) is 0 Å². The van der Waals surface area contributed by atoms with Crippen LogP contribution in [0.1, 0.15) is 18.9 Å². The van der Waals surface area contributed by atoms with Crippen molar-refractivity contribution in [3.05, 3.63) is 32.8 Å². The Labute approximate surface area is 139 Å². The highest BCUT2D eigenvalue weighted by molar-refractivity contribution is 6.31. The highest BCUT2D eigenvalue weighted by Gasteiger charge is 2.36. The molecule has 130 valence electrons. The average Bonchev–Trinajstić information content (AvgIpc) is 2.77. The van der Waals surface area contributed by atoms with Crippen LogP contribution >= 0.6 is 11.6 Å². The Bertz CT molecular complexity index is 721. The molecule has 0 aliphatic carbocycles. The summed E-state index contributed by atoms with van der Waals surface area (Å²) in [5, 5.41) is 16.8. The number of benzene rings is 1. The van der Waals surface area contributed by atoms with Crippen molar-refractivity contribution < 1.29 is 22.9 Å². The Kier molecular flexibility index (Phi) is 4.97. The van der Waals surface area contributed by atoms with Gasteiger partial charge in [-0.25, -0.2) is 5.43 Å². The number of nitrogens with one attached hydrogen (secondary N) is 2. The van der Waals surface area contributed by atoms with Crippen LogP contribution in [0.25, 0.3) is 0 Å². The molecule has 1 aliphatic rings. The summed E-state index contributed by atoms with van der Waals surface area (Å²) in [6, 6.07) is 1.25. The van der Waals surface area contributed by atoms with E-state index >= 15 is 0 Å². The molecule has 0 radical (unpaired) electrons. The Hall–Kier alpha value is -2.36. The van der Waals surface area contributed by atoms with Crippen LogP contribution in [0.3, 0.4) is 0 Å². The van der Waals surface area contributed by atoms with E-state index in [1.165, 1.54) is 0 Å². The first kappa shape index (κ1) is 18.0. The van der Waals surface area contributed by atoms with Crippen LogP contribution in [0, 0.1) is 16.0 Å². The number of hydrogen-bond donors (Lipinski definition) is 2. The van der Waals surface area contributed by atoms with Crippen molar-refractivity contribution in [2.45, 2.75) is 19.5 Å². The molecular weight excluding hydrogens is 353 g/mol. The molecule has 11 heteroatoms. The molecular formula is C13H12ClF3N4O3. The molecule has 0 unspecified atom stereocenters. The Balaban J connectivity index is 2.18. The van der Waals surface area contributed by atoms with Crippen molar-refractivity contribution in [1.82, 2.24) is 5.43 Å². The number of amides is 1. The van der Waals surface area contributed by atoms with E-state index in [0.717, 1.165) is 6.07 Å². The third-order valence-electron chi connectivity index (χ3n) is 3.50. The molecule has 2 N–H and O–H groups in total. The molecule has 0 saturated carbocycles. The second-order valence-corrected chi connectivity index (χ2v) is 5.51. The minimum Gasteiger partial charge on any atom is -0.379 e. The highest BCUT2D eigenvalue weighted by Crippen LogP contribution is 2.40. The number of nitrogens with zero attached hydrogens (tertiary/aromatic N) is 2. The van der Waals surface area contributed by atoms with Gasteiger partial charge in [-0.1, -0.05) is 11.6 Å². The Morgan fingerprint density at radius 3 is 2.62 bits per heavy atom. The van der Waals surface area contributed by atoms with Gasteiger partial charge >= 0.3 is 6.18 Å². The molecule has 1 amide bonds. The predicted octanol–water partition coefficient (Wildman–Crippen LogP) is 3.19. The third kappa shape index (κ3) is 3.75. The van der Waals surface area contributed by atoms with Gasteiger partial charge in [0.1, 0.15) is 5.69 Å². The fourth-order valence-electron chi connectivity index (χ4n) is 2.25. The van der Waals surface area contributed by atoms with Crippen LogP contribution in [-0.4, -0.2) is 23.1 Å². The molecule has 0 fully saturated rings. The number of alkyl halides is 3. The van der Waals surface area contributed by atoms with Crippen LogP contribution in [-0.2, 0) is 11.0 Å². The molecule has 7 nitrogen and oxygen atoms in total. The maximum absolute atomic E-state index is 12.8. The number of hydrogen-bond acceptors (Lipinski definition) is 5. The lowest BCUT2D eigenvalue weighted by Gasteiger charge is -2.13. The SMILES string of the molecule is CC1=NNC(=O)[C@@H]1CCNc1cc(Cl)c(C(F)(F)F)cc1[N+](=O)[O-]. The lowest BCUT2D eigenvalue weighted by Crippen LogP contribution is -2.24. The molecule has 1 atom stereocenters. The largest absolute Gasteiger partial charge is 0.418 e. The van der Waals surface area contributed by atoms with Crippen LogP contribution in [0.5, 0.6) is 0 Å². The fraction of sp³-hybridized carbons (Fsp3) is 0.385. The number of nitro benzene ring substituents is 1. The zero-order valence-corrected chi connectivity index (χ0v) is 13.0. The van der Waals surface area contributed by atoms with Gasteiger partial charge in [0.2, 0.25) is 5.91 Å². The summed E-state index contributed by atoms with van der Waals surface area (Å²) in [7, 11) is 0. The standard InChI is InChI=1S/C13H12ClF3N4O3/c1-6-7(12(22)20-19-6)2-3-18-10-5-9(14)8(13(15,16)17)4-11(10)21(23)24/h4-5,7,18H,2-3H2,1H3,(H,20,22)/t7-/m1/s1. The number of anilines is 1. The van der Waals surface area contributed by atoms with Crippen molar-refractivity contribution in [3.8, 4) is 0 Å². The zero-order chi connectivity index (χ0) is 18.1. The quantitative estimate of drug-likeness (QED) is 0.619. The van der Waals surface area contributed by atoms with E-state index in [1.54, 1.807) is 6.92 Å². The number of hydrazone groups is 1. The molecule has 0 spiro atoms. The van der Waals surface area contributed by atoms with E-state index in [0.29, 0.717) is 11.8 Å². The molecule has 24 heavy (non-hydrogen) atoms. The van der Waals surface area contributed by atoms with E-state index in [-0.39, 0.29) is 24.6 Å². The van der Waals surface area contributed by atoms with E-state index in [9.17, 15) is 28.1 Å². The fourth-order valence-corrected chi connectivity index (χ4v) is 2.52. The summed E-state index contributed by atoms with van der Waals surface area (Å²) in [5.41, 5.74) is 0.701. The van der Waals surface area contributed by atoms with E-state index in [1.807, 2.05) is 0 Å². The molecule has 0 saturated heterocycles. The molecule has 2 rings (SSSR count). The molecule has 1 heterocycles. The van der Waals surface area contributed by atoms with Gasteiger partial charge in [0.05, 0.1) is 21.4 Å². The molecule has 1 aromatic rings. The Morgan fingerprint density at radius 2 is 2.12 bits per heavy atom. The van der Waals surface area contributed by atoms with Crippen molar-refractivity contribution >= 4 is 34.6 Å². The summed E-state index contributed by atoms with van der Waals surface area (Å²) >= 11 is 5.58. The monoisotopic (exact) mass is 364 g/mol. The smallest absolute Gasteiger partial charge is 0.379 e. The van der Waals surface area contributed by atoms with Crippen LogP contribution < -0.4 is 10.7 Å². The summed E-state index contributed by atoms with van der Waals surface area (Å²) < 4.78 is 38.3. The minimum absolute atomic E-state index is 0.119. The number of rotatable bonds is 5. The van der Waals surface area contributed by atoms with Gasteiger partial charge in [-0.3, -0.25) is 14.9 Å². The summed E-state index contributed by atoms with van der Waals surface area (Å²) in [5.74, 6) is -0.782. The normalized spacial score (nSPS) is 17.5. The second-order valence-electron chi connectivity index (χ2n) is 5.10. The van der Waals surface area contributed by atoms with Gasteiger partial charge < -0.3 is 5.32 Å². The third-order valence-corrected chi connectivity index (χ3v) is 3.81. The van der Waals surface area contributed by atoms with Crippen molar-refractivity contribution in [1.29, 1.82) is 0 Å². The summed E-state index contributed by atoms with van der Waals surface area (Å²) in [4.78, 5) is 21.6. The second kappa shape index (κ2) is 6.63. The minimum atomic E-state index is -4.80. The van der Waals surface area contributed by atoms with Crippen LogP contribution in [0.4, 0.5) is 24.5 Å². The molecule has 1 aromatic carbocycles. The van der Waals surface area contributed by atoms with E-state index in [2.05, 4.69) is 15.8 Å². The highest BCUT2D eigenvalue weighted by atomic mass is 35.5. The first-order chi connectivity index (χ1) is 11.1. The first-order valence-corrected chi connectivity index (χ1v) is 7.12. The molecule has 1 aliphatic heterocycles. The van der Waals surface area contributed by atoms with Crippen molar-refractivity contribution in [2.75, 3.05) is 11.9 Å². The van der Waals surface area contributed by atoms with E-state index in [4.69, 9.17) is 11.6 Å². The Morgan fingerprint density at radius 1 is 1.46 bits per heavy atom. The maximum Gasteiger partial charge on any atom is 0.418 e. The maximum atomic E-state index is 12.8. The van der Waals surface area contributed by atoms with Crippen LogP contribution in [0.15, 0.2) is 17.2 Å². The van der Waals surface area contributed by atoms with Gasteiger partial charge in [-0.15, -0.1) is 0 Å². The first-order valence-electron chi connectivity index (χ1n) is 6.74. The van der Waals surface area contributed by atoms with Crippen molar-refractivity contribution in [3.63, 3.8) is 0 Å². The van der Waals surface area contributed by atoms with E-state index < -0.39 is 33.3 Å². The molecule has 0 aromatic heterocycles. The number of carbonyl (C=O) groups is 1. The average molecular weight is 365 g/mol.